The summed E-state index contributed by atoms with van der Waals surface area (Å²) in [6.07, 6.45) is 0. The third-order valence-corrected chi connectivity index (χ3v) is 4.42. The Balaban J connectivity index is 2.27. The van der Waals surface area contributed by atoms with Gasteiger partial charge in [-0.25, -0.2) is 0 Å². The van der Waals surface area contributed by atoms with Gasteiger partial charge in [-0.3, -0.25) is 15.0 Å². The molecule has 0 aromatic heterocycles. The zero-order chi connectivity index (χ0) is 14.9. The predicted octanol–water partition coefficient (Wildman–Crippen LogP) is 2.86. The minimum absolute atomic E-state index is 0.0963. The molecule has 1 aliphatic heterocycles. The molecular formula is C14H20ClN3O2. The van der Waals surface area contributed by atoms with E-state index in [0.29, 0.717) is 17.6 Å². The van der Waals surface area contributed by atoms with Crippen molar-refractivity contribution in [1.82, 2.24) is 4.90 Å². The number of nitro benzene ring substituents is 1. The molecule has 0 amide bonds. The second kappa shape index (κ2) is 5.97. The Morgan fingerprint density at radius 3 is 2.45 bits per heavy atom. The highest BCUT2D eigenvalue weighted by Gasteiger charge is 2.27. The van der Waals surface area contributed by atoms with Crippen LogP contribution in [-0.4, -0.2) is 42.0 Å². The van der Waals surface area contributed by atoms with E-state index in [2.05, 4.69) is 30.7 Å². The van der Waals surface area contributed by atoms with Gasteiger partial charge in [0.2, 0.25) is 0 Å². The van der Waals surface area contributed by atoms with Crippen LogP contribution in [0.25, 0.3) is 0 Å². The van der Waals surface area contributed by atoms with Gasteiger partial charge in [0.05, 0.1) is 10.8 Å². The van der Waals surface area contributed by atoms with Crippen LogP contribution in [-0.2, 0) is 5.88 Å². The number of halogens is 1. The summed E-state index contributed by atoms with van der Waals surface area (Å²) in [5.74, 6) is 0.156. The van der Waals surface area contributed by atoms with Gasteiger partial charge in [-0.2, -0.15) is 0 Å². The molecule has 1 aromatic rings. The number of nitrogens with zero attached hydrogens (tertiary/aromatic N) is 3. The van der Waals surface area contributed by atoms with Crippen LogP contribution in [0.2, 0.25) is 0 Å². The lowest BCUT2D eigenvalue weighted by atomic mass is 10.1. The first-order valence-electron chi connectivity index (χ1n) is 6.74. The van der Waals surface area contributed by atoms with Gasteiger partial charge < -0.3 is 4.90 Å². The predicted molar refractivity (Wildman–Crippen MR) is 81.6 cm³/mol. The van der Waals surface area contributed by atoms with E-state index in [9.17, 15) is 10.1 Å². The van der Waals surface area contributed by atoms with Crippen molar-refractivity contribution in [3.05, 3.63) is 33.9 Å². The molecule has 1 aromatic carbocycles. The fraction of sp³-hybridized carbons (Fsp3) is 0.571. The molecule has 110 valence electrons. The number of anilines is 1. The zero-order valence-electron chi connectivity index (χ0n) is 12.0. The molecular weight excluding hydrogens is 278 g/mol. The van der Waals surface area contributed by atoms with Crippen LogP contribution in [0.4, 0.5) is 11.4 Å². The maximum atomic E-state index is 10.9. The smallest absolute Gasteiger partial charge is 0.273 e. The SMILES string of the molecule is CC1CN(c2ccc([N+](=O)[O-])c(CCl)c2)CC(C)N1C. The van der Waals surface area contributed by atoms with E-state index in [-0.39, 0.29) is 16.5 Å². The summed E-state index contributed by atoms with van der Waals surface area (Å²) in [5.41, 5.74) is 1.69. The zero-order valence-corrected chi connectivity index (χ0v) is 12.8. The van der Waals surface area contributed by atoms with E-state index in [1.54, 1.807) is 6.07 Å². The molecule has 6 heteroatoms. The van der Waals surface area contributed by atoms with E-state index in [0.717, 1.165) is 18.8 Å². The van der Waals surface area contributed by atoms with Crippen molar-refractivity contribution < 1.29 is 4.92 Å². The van der Waals surface area contributed by atoms with Crippen LogP contribution in [0, 0.1) is 10.1 Å². The lowest BCUT2D eigenvalue weighted by Crippen LogP contribution is -2.55. The van der Waals surface area contributed by atoms with E-state index in [4.69, 9.17) is 11.6 Å². The summed E-state index contributed by atoms with van der Waals surface area (Å²) < 4.78 is 0. The van der Waals surface area contributed by atoms with Crippen molar-refractivity contribution in [2.45, 2.75) is 31.8 Å². The molecule has 0 bridgehead atoms. The molecule has 0 radical (unpaired) electrons. The van der Waals surface area contributed by atoms with Crippen molar-refractivity contribution in [3.63, 3.8) is 0 Å². The summed E-state index contributed by atoms with van der Waals surface area (Å²) in [6, 6.07) is 6.12. The highest BCUT2D eigenvalue weighted by Crippen LogP contribution is 2.28. The highest BCUT2D eigenvalue weighted by atomic mass is 35.5. The second-order valence-corrected chi connectivity index (χ2v) is 5.74. The maximum Gasteiger partial charge on any atom is 0.273 e. The molecule has 0 aliphatic carbocycles. The Labute approximate surface area is 124 Å². The molecule has 2 unspecified atom stereocenters. The first kappa shape index (κ1) is 15.1. The summed E-state index contributed by atoms with van der Waals surface area (Å²) >= 11 is 5.84. The van der Waals surface area contributed by atoms with Crippen LogP contribution in [0.5, 0.6) is 0 Å². The Hall–Kier alpha value is -1.33. The van der Waals surface area contributed by atoms with Gasteiger partial charge >= 0.3 is 0 Å². The molecule has 0 spiro atoms. The molecule has 2 rings (SSSR count). The van der Waals surface area contributed by atoms with E-state index >= 15 is 0 Å². The van der Waals surface area contributed by atoms with Gasteiger partial charge in [-0.1, -0.05) is 0 Å². The van der Waals surface area contributed by atoms with E-state index in [1.807, 2.05) is 12.1 Å². The number of hydrogen-bond acceptors (Lipinski definition) is 4. The molecule has 2 atom stereocenters. The monoisotopic (exact) mass is 297 g/mol. The van der Waals surface area contributed by atoms with Crippen LogP contribution >= 0.6 is 11.6 Å². The van der Waals surface area contributed by atoms with Crippen molar-refractivity contribution in [2.75, 3.05) is 25.0 Å². The van der Waals surface area contributed by atoms with Crippen LogP contribution in [0.15, 0.2) is 18.2 Å². The summed E-state index contributed by atoms with van der Waals surface area (Å²) in [5, 5.41) is 10.9. The fourth-order valence-corrected chi connectivity index (χ4v) is 2.88. The molecule has 1 fully saturated rings. The first-order chi connectivity index (χ1) is 9.43. The first-order valence-corrected chi connectivity index (χ1v) is 7.27. The highest BCUT2D eigenvalue weighted by molar-refractivity contribution is 6.17. The lowest BCUT2D eigenvalue weighted by Gasteiger charge is -2.43. The third kappa shape index (κ3) is 2.88. The molecule has 1 heterocycles. The van der Waals surface area contributed by atoms with Crippen LogP contribution < -0.4 is 4.90 Å². The molecule has 5 nitrogen and oxygen atoms in total. The van der Waals surface area contributed by atoms with E-state index in [1.165, 1.54) is 0 Å². The van der Waals surface area contributed by atoms with Crippen molar-refractivity contribution in [3.8, 4) is 0 Å². The minimum atomic E-state index is -0.378. The number of benzene rings is 1. The minimum Gasteiger partial charge on any atom is -0.368 e. The van der Waals surface area contributed by atoms with Crippen molar-refractivity contribution in [1.29, 1.82) is 0 Å². The Morgan fingerprint density at radius 2 is 1.95 bits per heavy atom. The normalized spacial score (nSPS) is 23.9. The van der Waals surface area contributed by atoms with Crippen molar-refractivity contribution in [2.24, 2.45) is 0 Å². The molecule has 1 saturated heterocycles. The van der Waals surface area contributed by atoms with Gasteiger partial charge in [0.15, 0.2) is 0 Å². The van der Waals surface area contributed by atoms with Gasteiger partial charge in [-0.15, -0.1) is 11.6 Å². The second-order valence-electron chi connectivity index (χ2n) is 5.47. The topological polar surface area (TPSA) is 49.6 Å². The third-order valence-electron chi connectivity index (χ3n) is 4.13. The summed E-state index contributed by atoms with van der Waals surface area (Å²) in [4.78, 5) is 15.2. The average molecular weight is 298 g/mol. The van der Waals surface area contributed by atoms with Crippen molar-refractivity contribution >= 4 is 23.0 Å². The number of hydrogen-bond donors (Lipinski definition) is 0. The average Bonchev–Trinajstić information content (AvgIpc) is 2.43. The molecule has 1 aliphatic rings. The molecule has 0 N–H and O–H groups in total. The summed E-state index contributed by atoms with van der Waals surface area (Å²) in [6.45, 7) is 6.22. The Morgan fingerprint density at radius 1 is 1.35 bits per heavy atom. The van der Waals surface area contributed by atoms with E-state index < -0.39 is 0 Å². The fourth-order valence-electron chi connectivity index (χ4n) is 2.67. The number of rotatable bonds is 3. The number of alkyl halides is 1. The van der Waals surface area contributed by atoms with Crippen LogP contribution in [0.3, 0.4) is 0 Å². The van der Waals surface area contributed by atoms with Gasteiger partial charge in [0, 0.05) is 42.5 Å². The lowest BCUT2D eigenvalue weighted by molar-refractivity contribution is -0.385. The molecule has 0 saturated carbocycles. The Bertz CT molecular complexity index is 497. The van der Waals surface area contributed by atoms with Gasteiger partial charge in [0.1, 0.15) is 0 Å². The largest absolute Gasteiger partial charge is 0.368 e. The Kier molecular flexibility index (Phi) is 4.50. The van der Waals surface area contributed by atoms with Crippen LogP contribution in [0.1, 0.15) is 19.4 Å². The quantitative estimate of drug-likeness (QED) is 0.489. The maximum absolute atomic E-state index is 10.9. The van der Waals surface area contributed by atoms with Gasteiger partial charge in [0.25, 0.3) is 5.69 Å². The van der Waals surface area contributed by atoms with Gasteiger partial charge in [-0.05, 0) is 33.0 Å². The number of piperazine rings is 1. The summed E-state index contributed by atoms with van der Waals surface area (Å²) in [7, 11) is 2.13. The standard InChI is InChI=1S/C14H20ClN3O2/c1-10-8-17(9-11(2)16(10)3)13-4-5-14(18(19)20)12(6-13)7-15/h4-6,10-11H,7-9H2,1-3H3. The number of likely N-dealkylation sites (N-methyl/N-ethyl adjacent to an activating group) is 1. The molecule has 20 heavy (non-hydrogen) atoms. The number of nitro groups is 1.